The topological polar surface area (TPSA) is 60.7 Å². The molecule has 0 saturated heterocycles. The van der Waals surface area contributed by atoms with Gasteiger partial charge >= 0.3 is 0 Å². The van der Waals surface area contributed by atoms with Crippen LogP contribution in [0.4, 0.5) is 0 Å². The summed E-state index contributed by atoms with van der Waals surface area (Å²) in [6, 6.07) is 0. The Kier molecular flexibility index (Phi) is 12.4. The third-order valence-corrected chi connectivity index (χ3v) is 3.14. The van der Waals surface area contributed by atoms with Crippen LogP contribution in [0.25, 0.3) is 0 Å². The Morgan fingerprint density at radius 1 is 0.850 bits per heavy atom. The van der Waals surface area contributed by atoms with Crippen LogP contribution >= 0.6 is 0 Å². The molecular formula is C17H28O3. The zero-order valence-electron chi connectivity index (χ0n) is 12.7. The number of hydrogen-bond donors (Lipinski definition) is 3. The van der Waals surface area contributed by atoms with Crippen molar-refractivity contribution in [2.24, 2.45) is 0 Å². The summed E-state index contributed by atoms with van der Waals surface area (Å²) in [5.74, 6) is 10.4. The SMILES string of the molecule is CCCCCCCC(O)C(O)CC#CC#CC(O)CC. The van der Waals surface area contributed by atoms with Gasteiger partial charge in [-0.1, -0.05) is 57.8 Å². The Hall–Kier alpha value is -1.00. The molecule has 0 aromatic rings. The van der Waals surface area contributed by atoms with Crippen LogP contribution in [0.5, 0.6) is 0 Å². The van der Waals surface area contributed by atoms with Crippen LogP contribution < -0.4 is 0 Å². The molecule has 0 amide bonds. The van der Waals surface area contributed by atoms with Crippen LogP contribution in [-0.2, 0) is 0 Å². The fourth-order valence-corrected chi connectivity index (χ4v) is 1.71. The third-order valence-electron chi connectivity index (χ3n) is 3.14. The monoisotopic (exact) mass is 280 g/mol. The van der Waals surface area contributed by atoms with Crippen LogP contribution in [0.3, 0.4) is 0 Å². The molecule has 3 atom stereocenters. The van der Waals surface area contributed by atoms with E-state index in [0.29, 0.717) is 12.8 Å². The van der Waals surface area contributed by atoms with Gasteiger partial charge in [0.05, 0.1) is 12.2 Å². The fraction of sp³-hybridized carbons (Fsp3) is 0.765. The van der Waals surface area contributed by atoms with Crippen LogP contribution in [0.15, 0.2) is 0 Å². The van der Waals surface area contributed by atoms with Gasteiger partial charge in [0.2, 0.25) is 0 Å². The normalized spacial score (nSPS) is 14.4. The smallest absolute Gasteiger partial charge is 0.115 e. The second kappa shape index (κ2) is 13.0. The van der Waals surface area contributed by atoms with Gasteiger partial charge in [0.15, 0.2) is 0 Å². The van der Waals surface area contributed by atoms with Crippen molar-refractivity contribution in [1.82, 2.24) is 0 Å². The highest BCUT2D eigenvalue weighted by Crippen LogP contribution is 2.10. The lowest BCUT2D eigenvalue weighted by molar-refractivity contribution is 0.0165. The molecule has 0 spiro atoms. The Balaban J connectivity index is 3.81. The molecule has 0 heterocycles. The van der Waals surface area contributed by atoms with E-state index >= 15 is 0 Å². The molecule has 0 aromatic carbocycles. The molecule has 20 heavy (non-hydrogen) atoms. The van der Waals surface area contributed by atoms with Crippen molar-refractivity contribution < 1.29 is 15.3 Å². The summed E-state index contributed by atoms with van der Waals surface area (Å²) in [5, 5.41) is 28.7. The maximum atomic E-state index is 9.76. The first-order valence-electron chi connectivity index (χ1n) is 7.64. The lowest BCUT2D eigenvalue weighted by Gasteiger charge is -2.15. The number of rotatable bonds is 9. The van der Waals surface area contributed by atoms with Gasteiger partial charge in [0.1, 0.15) is 6.10 Å². The maximum absolute atomic E-state index is 9.76. The van der Waals surface area contributed by atoms with Gasteiger partial charge in [-0.2, -0.15) is 0 Å². The molecule has 0 aliphatic heterocycles. The van der Waals surface area contributed by atoms with Gasteiger partial charge in [-0.05, 0) is 24.7 Å². The summed E-state index contributed by atoms with van der Waals surface area (Å²) in [4.78, 5) is 0. The van der Waals surface area contributed by atoms with Crippen molar-refractivity contribution in [3.63, 3.8) is 0 Å². The number of aliphatic hydroxyl groups is 3. The van der Waals surface area contributed by atoms with E-state index in [2.05, 4.69) is 30.6 Å². The average Bonchev–Trinajstić information content (AvgIpc) is 2.45. The minimum Gasteiger partial charge on any atom is -0.390 e. The summed E-state index contributed by atoms with van der Waals surface area (Å²) >= 11 is 0. The van der Waals surface area contributed by atoms with Crippen molar-refractivity contribution in [3.05, 3.63) is 0 Å². The standard InChI is InChI=1S/C17H28O3/c1-3-5-6-7-10-13-16(19)17(20)14-11-8-9-12-15(18)4-2/h15-20H,3-7,10,13-14H2,1-2H3. The van der Waals surface area contributed by atoms with E-state index in [0.717, 1.165) is 12.8 Å². The highest BCUT2D eigenvalue weighted by atomic mass is 16.3. The minimum atomic E-state index is -0.813. The minimum absolute atomic E-state index is 0.215. The van der Waals surface area contributed by atoms with E-state index in [1.807, 2.05) is 6.92 Å². The summed E-state index contributed by atoms with van der Waals surface area (Å²) in [6.07, 6.45) is 4.91. The molecule has 114 valence electrons. The first kappa shape index (κ1) is 19.0. The Morgan fingerprint density at radius 2 is 1.55 bits per heavy atom. The highest BCUT2D eigenvalue weighted by molar-refractivity contribution is 5.27. The molecule has 0 aliphatic carbocycles. The van der Waals surface area contributed by atoms with E-state index in [9.17, 15) is 15.3 Å². The number of aliphatic hydroxyl groups excluding tert-OH is 3. The highest BCUT2D eigenvalue weighted by Gasteiger charge is 2.14. The lowest BCUT2D eigenvalue weighted by Crippen LogP contribution is -2.25. The van der Waals surface area contributed by atoms with Crippen LogP contribution in [-0.4, -0.2) is 33.6 Å². The molecular weight excluding hydrogens is 252 g/mol. The molecule has 3 nitrogen and oxygen atoms in total. The number of unbranched alkanes of at least 4 members (excludes halogenated alkanes) is 4. The third kappa shape index (κ3) is 10.9. The predicted octanol–water partition coefficient (Wildman–Crippen LogP) is 2.24. The molecule has 3 unspecified atom stereocenters. The van der Waals surface area contributed by atoms with Crippen LogP contribution in [0.1, 0.15) is 65.2 Å². The van der Waals surface area contributed by atoms with Crippen molar-refractivity contribution in [2.45, 2.75) is 83.5 Å². The summed E-state index contributed by atoms with van der Waals surface area (Å²) in [6.45, 7) is 4.01. The van der Waals surface area contributed by atoms with Crippen LogP contribution in [0, 0.1) is 23.7 Å². The molecule has 0 saturated carbocycles. The first-order valence-corrected chi connectivity index (χ1v) is 7.64. The Bertz CT molecular complexity index is 343. The second-order valence-corrected chi connectivity index (χ2v) is 5.04. The van der Waals surface area contributed by atoms with Crippen molar-refractivity contribution in [3.8, 4) is 23.7 Å². The van der Waals surface area contributed by atoms with Crippen LogP contribution in [0.2, 0.25) is 0 Å². The van der Waals surface area contributed by atoms with E-state index in [4.69, 9.17) is 0 Å². The zero-order chi connectivity index (χ0) is 15.2. The molecule has 3 heteroatoms. The summed E-state index contributed by atoms with van der Waals surface area (Å²) in [7, 11) is 0. The van der Waals surface area contributed by atoms with Gasteiger partial charge in [0, 0.05) is 6.42 Å². The number of hydrogen-bond acceptors (Lipinski definition) is 3. The quantitative estimate of drug-likeness (QED) is 0.448. The van der Waals surface area contributed by atoms with E-state index in [1.54, 1.807) is 0 Å². The van der Waals surface area contributed by atoms with Gasteiger partial charge in [-0.3, -0.25) is 0 Å². The molecule has 0 radical (unpaired) electrons. The Morgan fingerprint density at radius 3 is 2.20 bits per heavy atom. The summed E-state index contributed by atoms with van der Waals surface area (Å²) < 4.78 is 0. The predicted molar refractivity (Wildman–Crippen MR) is 81.9 cm³/mol. The Labute approximate surface area is 123 Å². The molecule has 0 aliphatic rings. The van der Waals surface area contributed by atoms with Crippen molar-refractivity contribution in [1.29, 1.82) is 0 Å². The van der Waals surface area contributed by atoms with Gasteiger partial charge in [0.25, 0.3) is 0 Å². The second-order valence-electron chi connectivity index (χ2n) is 5.04. The maximum Gasteiger partial charge on any atom is 0.115 e. The van der Waals surface area contributed by atoms with E-state index < -0.39 is 18.3 Å². The van der Waals surface area contributed by atoms with Gasteiger partial charge in [-0.15, -0.1) is 0 Å². The van der Waals surface area contributed by atoms with E-state index in [-0.39, 0.29) is 6.42 Å². The lowest BCUT2D eigenvalue weighted by atomic mass is 10.0. The molecule has 0 rings (SSSR count). The fourth-order valence-electron chi connectivity index (χ4n) is 1.71. The van der Waals surface area contributed by atoms with E-state index in [1.165, 1.54) is 19.3 Å². The van der Waals surface area contributed by atoms with Crippen molar-refractivity contribution in [2.75, 3.05) is 0 Å². The van der Waals surface area contributed by atoms with Gasteiger partial charge in [-0.25, -0.2) is 0 Å². The average molecular weight is 280 g/mol. The molecule has 0 bridgehead atoms. The molecule has 3 N–H and O–H groups in total. The molecule has 0 aromatic heterocycles. The van der Waals surface area contributed by atoms with Gasteiger partial charge < -0.3 is 15.3 Å². The molecule has 0 fully saturated rings. The van der Waals surface area contributed by atoms with Crippen molar-refractivity contribution >= 4 is 0 Å². The first-order chi connectivity index (χ1) is 9.61. The zero-order valence-corrected chi connectivity index (χ0v) is 12.7. The largest absolute Gasteiger partial charge is 0.390 e. The summed E-state index contributed by atoms with van der Waals surface area (Å²) in [5.41, 5.74) is 0.